The summed E-state index contributed by atoms with van der Waals surface area (Å²) in [6.07, 6.45) is 0.609. The number of hydrogen-bond donors (Lipinski definition) is 1. The zero-order valence-corrected chi connectivity index (χ0v) is 11.8. The van der Waals surface area contributed by atoms with Crippen LogP contribution in [-0.2, 0) is 4.79 Å². The van der Waals surface area contributed by atoms with Crippen LogP contribution in [0, 0.1) is 11.7 Å². The van der Waals surface area contributed by atoms with Crippen molar-refractivity contribution in [2.24, 2.45) is 5.92 Å². The second kappa shape index (κ2) is 7.62. The normalized spacial score (nSPS) is 10.6. The summed E-state index contributed by atoms with van der Waals surface area (Å²) >= 11 is 0. The monoisotopic (exact) mass is 281 g/mol. The molecule has 1 aromatic carbocycles. The van der Waals surface area contributed by atoms with E-state index in [-0.39, 0.29) is 18.5 Å². The van der Waals surface area contributed by atoms with Crippen LogP contribution in [0.4, 0.5) is 4.39 Å². The second-order valence-corrected chi connectivity index (χ2v) is 5.10. The fourth-order valence-corrected chi connectivity index (χ4v) is 1.76. The zero-order valence-electron chi connectivity index (χ0n) is 11.8. The molecular formula is C15H20FNO3. The van der Waals surface area contributed by atoms with Gasteiger partial charge in [-0.1, -0.05) is 26.0 Å². The first-order valence-electron chi connectivity index (χ1n) is 6.67. The molecule has 0 fully saturated rings. The number of halogens is 1. The summed E-state index contributed by atoms with van der Waals surface area (Å²) in [5.41, 5.74) is -0.0124. The number of carboxylic acid groups (broad SMARTS) is 1. The Morgan fingerprint density at radius 1 is 1.25 bits per heavy atom. The lowest BCUT2D eigenvalue weighted by Crippen LogP contribution is -2.35. The van der Waals surface area contributed by atoms with Crippen LogP contribution in [0.15, 0.2) is 24.3 Å². The maximum absolute atomic E-state index is 13.6. The molecule has 1 N–H and O–H groups in total. The van der Waals surface area contributed by atoms with E-state index in [0.717, 1.165) is 6.42 Å². The summed E-state index contributed by atoms with van der Waals surface area (Å²) in [5, 5.41) is 8.73. The first-order chi connectivity index (χ1) is 9.41. The number of nitrogens with zero attached hydrogens (tertiary/aromatic N) is 1. The van der Waals surface area contributed by atoms with Gasteiger partial charge in [-0.2, -0.15) is 0 Å². The first-order valence-corrected chi connectivity index (χ1v) is 6.67. The Balaban J connectivity index is 2.82. The lowest BCUT2D eigenvalue weighted by Gasteiger charge is -2.23. The molecule has 0 aromatic heterocycles. The summed E-state index contributed by atoms with van der Waals surface area (Å²) in [6, 6.07) is 5.75. The van der Waals surface area contributed by atoms with Crippen LogP contribution >= 0.6 is 0 Å². The number of benzene rings is 1. The van der Waals surface area contributed by atoms with Gasteiger partial charge in [-0.3, -0.25) is 9.59 Å². The van der Waals surface area contributed by atoms with E-state index in [1.54, 1.807) is 6.07 Å². The highest BCUT2D eigenvalue weighted by molar-refractivity contribution is 5.94. The predicted octanol–water partition coefficient (Wildman–Crippen LogP) is 2.79. The predicted molar refractivity (Wildman–Crippen MR) is 74.0 cm³/mol. The molecular weight excluding hydrogens is 261 g/mol. The molecule has 1 amide bonds. The number of amides is 1. The molecule has 0 atom stereocenters. The number of rotatable bonds is 7. The van der Waals surface area contributed by atoms with E-state index in [4.69, 9.17) is 5.11 Å². The van der Waals surface area contributed by atoms with Crippen molar-refractivity contribution in [2.75, 3.05) is 13.1 Å². The van der Waals surface area contributed by atoms with Gasteiger partial charge in [-0.15, -0.1) is 0 Å². The topological polar surface area (TPSA) is 57.6 Å². The van der Waals surface area contributed by atoms with Crippen LogP contribution in [0.25, 0.3) is 0 Å². The minimum Gasteiger partial charge on any atom is -0.481 e. The highest BCUT2D eigenvalue weighted by atomic mass is 19.1. The van der Waals surface area contributed by atoms with Crippen LogP contribution in [0.1, 0.15) is 37.0 Å². The molecule has 0 radical (unpaired) electrons. The van der Waals surface area contributed by atoms with Gasteiger partial charge in [0.05, 0.1) is 12.0 Å². The quantitative estimate of drug-likeness (QED) is 0.836. The van der Waals surface area contributed by atoms with Gasteiger partial charge >= 0.3 is 5.97 Å². The molecule has 0 aliphatic rings. The minimum absolute atomic E-state index is 0.0124. The van der Waals surface area contributed by atoms with E-state index in [1.807, 2.05) is 13.8 Å². The van der Waals surface area contributed by atoms with Crippen LogP contribution in [-0.4, -0.2) is 35.0 Å². The average molecular weight is 281 g/mol. The van der Waals surface area contributed by atoms with Gasteiger partial charge in [0.15, 0.2) is 0 Å². The van der Waals surface area contributed by atoms with Crippen molar-refractivity contribution in [2.45, 2.75) is 26.7 Å². The molecule has 1 rings (SSSR count). The van der Waals surface area contributed by atoms with Gasteiger partial charge in [-0.05, 0) is 24.5 Å². The van der Waals surface area contributed by atoms with E-state index in [2.05, 4.69) is 0 Å². The number of carboxylic acids is 1. The van der Waals surface area contributed by atoms with E-state index in [1.165, 1.54) is 23.1 Å². The molecule has 0 spiro atoms. The summed E-state index contributed by atoms with van der Waals surface area (Å²) in [7, 11) is 0. The van der Waals surface area contributed by atoms with Crippen molar-refractivity contribution in [3.63, 3.8) is 0 Å². The smallest absolute Gasteiger partial charge is 0.305 e. The Bertz CT molecular complexity index is 474. The SMILES string of the molecule is CC(C)CCN(CCC(=O)O)C(=O)c1ccccc1F. The number of carbonyl (C=O) groups excluding carboxylic acids is 1. The van der Waals surface area contributed by atoms with E-state index in [0.29, 0.717) is 12.5 Å². The summed E-state index contributed by atoms with van der Waals surface area (Å²) in [5.74, 6) is -1.62. The molecule has 0 saturated carbocycles. The third-order valence-corrected chi connectivity index (χ3v) is 2.96. The molecule has 4 nitrogen and oxygen atoms in total. The first kappa shape index (κ1) is 16.1. The molecule has 0 unspecified atom stereocenters. The molecule has 0 saturated heterocycles. The third kappa shape index (κ3) is 4.99. The molecule has 0 bridgehead atoms. The van der Waals surface area contributed by atoms with Gasteiger partial charge in [0.25, 0.3) is 5.91 Å². The van der Waals surface area contributed by atoms with Gasteiger partial charge < -0.3 is 10.0 Å². The average Bonchev–Trinajstić information content (AvgIpc) is 2.38. The molecule has 20 heavy (non-hydrogen) atoms. The van der Waals surface area contributed by atoms with E-state index < -0.39 is 17.7 Å². The Kier molecular flexibility index (Phi) is 6.15. The maximum atomic E-state index is 13.6. The largest absolute Gasteiger partial charge is 0.481 e. The molecule has 0 aliphatic carbocycles. The van der Waals surface area contributed by atoms with Gasteiger partial charge in [0, 0.05) is 13.1 Å². The standard InChI is InChI=1S/C15H20FNO3/c1-11(2)7-9-17(10-8-14(18)19)15(20)12-5-3-4-6-13(12)16/h3-6,11H,7-10H2,1-2H3,(H,18,19). The molecule has 1 aromatic rings. The van der Waals surface area contributed by atoms with Crippen LogP contribution in [0.3, 0.4) is 0 Å². The Morgan fingerprint density at radius 3 is 2.45 bits per heavy atom. The van der Waals surface area contributed by atoms with Gasteiger partial charge in [-0.25, -0.2) is 4.39 Å². The van der Waals surface area contributed by atoms with Crippen molar-refractivity contribution in [1.82, 2.24) is 4.90 Å². The maximum Gasteiger partial charge on any atom is 0.305 e. The highest BCUT2D eigenvalue weighted by Gasteiger charge is 2.19. The fraction of sp³-hybridized carbons (Fsp3) is 0.467. The summed E-state index contributed by atoms with van der Waals surface area (Å²) in [6.45, 7) is 4.55. The zero-order chi connectivity index (χ0) is 15.1. The van der Waals surface area contributed by atoms with E-state index in [9.17, 15) is 14.0 Å². The second-order valence-electron chi connectivity index (χ2n) is 5.10. The van der Waals surface area contributed by atoms with Crippen molar-refractivity contribution in [3.05, 3.63) is 35.6 Å². The molecule has 5 heteroatoms. The van der Waals surface area contributed by atoms with Crippen molar-refractivity contribution in [1.29, 1.82) is 0 Å². The molecule has 0 aliphatic heterocycles. The van der Waals surface area contributed by atoms with E-state index >= 15 is 0 Å². The number of hydrogen-bond acceptors (Lipinski definition) is 2. The Hall–Kier alpha value is -1.91. The lowest BCUT2D eigenvalue weighted by molar-refractivity contribution is -0.137. The van der Waals surface area contributed by atoms with Crippen LogP contribution in [0.2, 0.25) is 0 Å². The van der Waals surface area contributed by atoms with Crippen molar-refractivity contribution >= 4 is 11.9 Å². The van der Waals surface area contributed by atoms with Gasteiger partial charge in [0.1, 0.15) is 5.82 Å². The highest BCUT2D eigenvalue weighted by Crippen LogP contribution is 2.12. The number of carbonyl (C=O) groups is 2. The van der Waals surface area contributed by atoms with Crippen LogP contribution in [0.5, 0.6) is 0 Å². The Morgan fingerprint density at radius 2 is 1.90 bits per heavy atom. The lowest BCUT2D eigenvalue weighted by atomic mass is 10.1. The Labute approximate surface area is 118 Å². The van der Waals surface area contributed by atoms with Crippen molar-refractivity contribution in [3.8, 4) is 0 Å². The molecule has 0 heterocycles. The number of aliphatic carboxylic acids is 1. The van der Waals surface area contributed by atoms with Gasteiger partial charge in [0.2, 0.25) is 0 Å². The fourth-order valence-electron chi connectivity index (χ4n) is 1.76. The molecule has 110 valence electrons. The summed E-state index contributed by atoms with van der Waals surface area (Å²) in [4.78, 5) is 24.3. The minimum atomic E-state index is -0.971. The van der Waals surface area contributed by atoms with Crippen molar-refractivity contribution < 1.29 is 19.1 Å². The summed E-state index contributed by atoms with van der Waals surface area (Å²) < 4.78 is 13.6. The van der Waals surface area contributed by atoms with Crippen LogP contribution < -0.4 is 0 Å². The third-order valence-electron chi connectivity index (χ3n) is 2.96.